The lowest BCUT2D eigenvalue weighted by Crippen LogP contribution is -2.39. The van der Waals surface area contributed by atoms with E-state index in [-0.39, 0.29) is 5.91 Å². The van der Waals surface area contributed by atoms with Crippen molar-refractivity contribution in [2.75, 3.05) is 13.2 Å². The minimum absolute atomic E-state index is 0.127. The molecule has 0 aliphatic rings. The number of amides is 1. The van der Waals surface area contributed by atoms with Crippen LogP contribution in [0.1, 0.15) is 13.3 Å². The maximum absolute atomic E-state index is 12.3. The summed E-state index contributed by atoms with van der Waals surface area (Å²) in [6.07, 6.45) is 0.0974. The van der Waals surface area contributed by atoms with Gasteiger partial charge in [0.2, 0.25) is 0 Å². The highest BCUT2D eigenvalue weighted by atomic mass is 16.5. The molecule has 1 N–H and O–H groups in total. The summed E-state index contributed by atoms with van der Waals surface area (Å²) in [4.78, 5) is 12.3. The Balaban J connectivity index is 1.50. The number of rotatable bonds is 8. The fraction of sp³-hybridized carbons (Fsp3) is 0.227. The Morgan fingerprint density at radius 1 is 0.962 bits per heavy atom. The number of fused-ring (bicyclic) bond motifs is 1. The van der Waals surface area contributed by atoms with E-state index in [1.807, 2.05) is 67.6 Å². The minimum atomic E-state index is -0.505. The summed E-state index contributed by atoms with van der Waals surface area (Å²) in [5.41, 5.74) is 0. The fourth-order valence-corrected chi connectivity index (χ4v) is 2.76. The number of carbonyl (C=O) groups excluding carboxylic acids is 1. The average Bonchev–Trinajstić information content (AvgIpc) is 2.70. The van der Waals surface area contributed by atoms with Gasteiger partial charge in [0.1, 0.15) is 18.1 Å². The zero-order valence-corrected chi connectivity index (χ0v) is 14.9. The van der Waals surface area contributed by atoms with E-state index in [9.17, 15) is 4.79 Å². The molecule has 134 valence electrons. The number of hydrogen-bond acceptors (Lipinski definition) is 3. The van der Waals surface area contributed by atoms with Crippen LogP contribution in [0, 0.1) is 0 Å². The summed E-state index contributed by atoms with van der Waals surface area (Å²) in [5, 5.41) is 5.09. The lowest BCUT2D eigenvalue weighted by molar-refractivity contribution is -0.128. The van der Waals surface area contributed by atoms with E-state index < -0.39 is 6.10 Å². The van der Waals surface area contributed by atoms with E-state index in [2.05, 4.69) is 17.4 Å². The molecule has 1 atom stereocenters. The van der Waals surface area contributed by atoms with Gasteiger partial charge in [-0.1, -0.05) is 61.5 Å². The van der Waals surface area contributed by atoms with Crippen LogP contribution in [-0.2, 0) is 4.79 Å². The Labute approximate surface area is 153 Å². The highest BCUT2D eigenvalue weighted by molar-refractivity contribution is 5.88. The number of carbonyl (C=O) groups is 1. The Morgan fingerprint density at radius 3 is 2.50 bits per heavy atom. The Hall–Kier alpha value is -3.01. The summed E-state index contributed by atoms with van der Waals surface area (Å²) in [5.74, 6) is 1.39. The van der Waals surface area contributed by atoms with Gasteiger partial charge >= 0.3 is 0 Å². The summed E-state index contributed by atoms with van der Waals surface area (Å²) in [6.45, 7) is 2.76. The van der Waals surface area contributed by atoms with Gasteiger partial charge < -0.3 is 14.8 Å². The van der Waals surface area contributed by atoms with E-state index in [4.69, 9.17) is 9.47 Å². The topological polar surface area (TPSA) is 47.6 Å². The van der Waals surface area contributed by atoms with Gasteiger partial charge in [-0.3, -0.25) is 4.79 Å². The third-order valence-electron chi connectivity index (χ3n) is 4.09. The molecule has 0 bridgehead atoms. The maximum Gasteiger partial charge on any atom is 0.261 e. The molecule has 4 nitrogen and oxygen atoms in total. The van der Waals surface area contributed by atoms with Crippen LogP contribution in [0.15, 0.2) is 72.8 Å². The van der Waals surface area contributed by atoms with Gasteiger partial charge in [0.15, 0.2) is 6.10 Å². The fourth-order valence-electron chi connectivity index (χ4n) is 2.76. The summed E-state index contributed by atoms with van der Waals surface area (Å²) >= 11 is 0. The average molecular weight is 349 g/mol. The van der Waals surface area contributed by atoms with E-state index in [1.54, 1.807) is 0 Å². The molecule has 0 aromatic heterocycles. The van der Waals surface area contributed by atoms with Gasteiger partial charge in [-0.15, -0.1) is 0 Å². The second-order valence-electron chi connectivity index (χ2n) is 5.94. The molecule has 3 aromatic rings. The normalized spacial score (nSPS) is 11.7. The summed E-state index contributed by atoms with van der Waals surface area (Å²) < 4.78 is 11.6. The molecule has 0 saturated carbocycles. The van der Waals surface area contributed by atoms with Crippen LogP contribution in [0.2, 0.25) is 0 Å². The molecule has 1 unspecified atom stereocenters. The first-order valence-corrected chi connectivity index (χ1v) is 8.88. The third kappa shape index (κ3) is 4.54. The van der Waals surface area contributed by atoms with E-state index in [0.29, 0.717) is 25.3 Å². The number of hydrogen-bond donors (Lipinski definition) is 1. The lowest BCUT2D eigenvalue weighted by Gasteiger charge is -2.17. The van der Waals surface area contributed by atoms with Crippen LogP contribution in [-0.4, -0.2) is 25.2 Å². The van der Waals surface area contributed by atoms with Gasteiger partial charge in [0.25, 0.3) is 5.91 Å². The van der Waals surface area contributed by atoms with Crippen LogP contribution < -0.4 is 14.8 Å². The molecule has 26 heavy (non-hydrogen) atoms. The molecule has 3 aromatic carbocycles. The maximum atomic E-state index is 12.3. The number of benzene rings is 3. The van der Waals surface area contributed by atoms with E-state index in [1.165, 1.54) is 0 Å². The molecule has 0 saturated heterocycles. The molecule has 0 aliphatic carbocycles. The zero-order chi connectivity index (χ0) is 18.2. The van der Waals surface area contributed by atoms with Crippen molar-refractivity contribution < 1.29 is 14.3 Å². The molecule has 4 heteroatoms. The molecule has 3 rings (SSSR count). The zero-order valence-electron chi connectivity index (χ0n) is 14.9. The first kappa shape index (κ1) is 17.8. The number of nitrogens with one attached hydrogen (secondary N) is 1. The predicted octanol–water partition coefficient (Wildman–Crippen LogP) is 4.19. The summed E-state index contributed by atoms with van der Waals surface area (Å²) in [7, 11) is 0. The molecule has 0 heterocycles. The minimum Gasteiger partial charge on any atom is -0.491 e. The van der Waals surface area contributed by atoms with Crippen molar-refractivity contribution in [3.8, 4) is 11.5 Å². The van der Waals surface area contributed by atoms with Gasteiger partial charge in [0.05, 0.1) is 6.54 Å². The molecule has 0 radical (unpaired) electrons. The largest absolute Gasteiger partial charge is 0.491 e. The number of ether oxygens (including phenoxy) is 2. The van der Waals surface area contributed by atoms with E-state index in [0.717, 1.165) is 16.5 Å². The van der Waals surface area contributed by atoms with Crippen molar-refractivity contribution in [2.24, 2.45) is 0 Å². The van der Waals surface area contributed by atoms with Crippen molar-refractivity contribution in [1.29, 1.82) is 0 Å². The lowest BCUT2D eigenvalue weighted by atomic mass is 10.1. The van der Waals surface area contributed by atoms with Crippen LogP contribution in [0.4, 0.5) is 0 Å². The third-order valence-corrected chi connectivity index (χ3v) is 4.09. The SMILES string of the molecule is CCC(Oc1ccccc1)C(=O)NCCOc1cccc2ccccc12. The molecule has 1 amide bonds. The monoisotopic (exact) mass is 349 g/mol. The van der Waals surface area contributed by atoms with Crippen LogP contribution in [0.25, 0.3) is 10.8 Å². The smallest absolute Gasteiger partial charge is 0.261 e. The van der Waals surface area contributed by atoms with Gasteiger partial charge in [-0.2, -0.15) is 0 Å². The summed E-state index contributed by atoms with van der Waals surface area (Å²) in [6, 6.07) is 23.4. The van der Waals surface area contributed by atoms with Gasteiger partial charge in [-0.05, 0) is 30.0 Å². The number of para-hydroxylation sites is 1. The second kappa shape index (κ2) is 8.90. The van der Waals surface area contributed by atoms with Crippen molar-refractivity contribution >= 4 is 16.7 Å². The van der Waals surface area contributed by atoms with Gasteiger partial charge in [0, 0.05) is 5.39 Å². The molecule has 0 spiro atoms. The first-order chi connectivity index (χ1) is 12.8. The van der Waals surface area contributed by atoms with Crippen LogP contribution in [0.5, 0.6) is 11.5 Å². The molecular weight excluding hydrogens is 326 g/mol. The Kier molecular flexibility index (Phi) is 6.09. The highest BCUT2D eigenvalue weighted by Gasteiger charge is 2.17. The molecule has 0 aliphatic heterocycles. The van der Waals surface area contributed by atoms with Crippen LogP contribution >= 0.6 is 0 Å². The predicted molar refractivity (Wildman–Crippen MR) is 104 cm³/mol. The second-order valence-corrected chi connectivity index (χ2v) is 5.94. The highest BCUT2D eigenvalue weighted by Crippen LogP contribution is 2.24. The Bertz CT molecular complexity index is 843. The van der Waals surface area contributed by atoms with Crippen molar-refractivity contribution in [3.05, 3.63) is 72.8 Å². The van der Waals surface area contributed by atoms with Crippen molar-refractivity contribution in [2.45, 2.75) is 19.4 Å². The van der Waals surface area contributed by atoms with Gasteiger partial charge in [-0.25, -0.2) is 0 Å². The molecular formula is C22H23NO3. The standard InChI is InChI=1S/C22H23NO3/c1-2-20(26-18-11-4-3-5-12-18)22(24)23-15-16-25-21-14-8-10-17-9-6-7-13-19(17)21/h3-14,20H,2,15-16H2,1H3,(H,23,24). The Morgan fingerprint density at radius 2 is 1.69 bits per heavy atom. The molecule has 0 fully saturated rings. The van der Waals surface area contributed by atoms with Crippen molar-refractivity contribution in [1.82, 2.24) is 5.32 Å². The van der Waals surface area contributed by atoms with E-state index >= 15 is 0 Å². The van der Waals surface area contributed by atoms with Crippen LogP contribution in [0.3, 0.4) is 0 Å². The first-order valence-electron chi connectivity index (χ1n) is 8.88. The van der Waals surface area contributed by atoms with Crippen molar-refractivity contribution in [3.63, 3.8) is 0 Å². The quantitative estimate of drug-likeness (QED) is 0.620.